The van der Waals surface area contributed by atoms with Gasteiger partial charge in [0.05, 0.1) is 0 Å². The van der Waals surface area contributed by atoms with Crippen molar-refractivity contribution in [3.8, 4) is 0 Å². The molecule has 0 aliphatic heterocycles. The van der Waals surface area contributed by atoms with E-state index in [4.69, 9.17) is 0 Å². The molecule has 0 radical (unpaired) electrons. The summed E-state index contributed by atoms with van der Waals surface area (Å²) in [5, 5.41) is 0.944. The quantitative estimate of drug-likeness (QED) is 0.525. The van der Waals surface area contributed by atoms with Crippen LogP contribution in [-0.2, 0) is 6.42 Å². The summed E-state index contributed by atoms with van der Waals surface area (Å²) in [7, 11) is 0. The van der Waals surface area contributed by atoms with E-state index in [-0.39, 0.29) is 5.41 Å². The van der Waals surface area contributed by atoms with Crippen molar-refractivity contribution in [2.45, 2.75) is 58.3 Å². The maximum Gasteiger partial charge on any atom is 0.159 e. The summed E-state index contributed by atoms with van der Waals surface area (Å²) in [6, 6.07) is 4.34. The highest BCUT2D eigenvalue weighted by Gasteiger charge is 2.34. The van der Waals surface area contributed by atoms with E-state index in [2.05, 4.69) is 22.9 Å². The van der Waals surface area contributed by atoms with Gasteiger partial charge in [0.25, 0.3) is 0 Å². The molecule has 0 N–H and O–H groups in total. The number of alkyl halides is 1. The van der Waals surface area contributed by atoms with Crippen molar-refractivity contribution < 1.29 is 8.78 Å². The lowest BCUT2D eigenvalue weighted by atomic mass is 9.68. The second kappa shape index (κ2) is 7.71. The minimum absolute atomic E-state index is 0.215. The van der Waals surface area contributed by atoms with Crippen LogP contribution in [0.2, 0.25) is 0 Å². The van der Waals surface area contributed by atoms with Crippen LogP contribution >= 0.6 is 15.9 Å². The van der Waals surface area contributed by atoms with Crippen molar-refractivity contribution in [3.05, 3.63) is 35.4 Å². The number of rotatable bonds is 6. The summed E-state index contributed by atoms with van der Waals surface area (Å²) in [6.45, 7) is 2.24. The number of hydrogen-bond acceptors (Lipinski definition) is 0. The monoisotopic (exact) mass is 358 g/mol. The van der Waals surface area contributed by atoms with Crippen molar-refractivity contribution in [3.63, 3.8) is 0 Å². The standard InChI is InChI=1S/C18H25BrF2/c1-2-3-4-14-7-9-18(13-19,10-8-14)12-15-5-6-16(20)17(21)11-15/h5-6,11,14H,2-4,7-10,12-13H2,1H3. The van der Waals surface area contributed by atoms with Gasteiger partial charge in [-0.15, -0.1) is 0 Å². The molecule has 0 nitrogen and oxygen atoms in total. The molecule has 0 bridgehead atoms. The third-order valence-corrected chi connectivity index (χ3v) is 6.17. The van der Waals surface area contributed by atoms with Gasteiger partial charge in [0, 0.05) is 5.33 Å². The van der Waals surface area contributed by atoms with Gasteiger partial charge in [0.2, 0.25) is 0 Å². The van der Waals surface area contributed by atoms with E-state index in [0.29, 0.717) is 0 Å². The average Bonchev–Trinajstić information content (AvgIpc) is 2.50. The lowest BCUT2D eigenvalue weighted by Crippen LogP contribution is -2.31. The minimum atomic E-state index is -0.755. The maximum atomic E-state index is 13.4. The number of benzene rings is 1. The summed E-state index contributed by atoms with van der Waals surface area (Å²) >= 11 is 3.66. The van der Waals surface area contributed by atoms with Gasteiger partial charge in [-0.2, -0.15) is 0 Å². The number of halogens is 3. The molecule has 1 aromatic rings. The zero-order valence-electron chi connectivity index (χ0n) is 12.8. The normalized spacial score (nSPS) is 26.0. The van der Waals surface area contributed by atoms with Crippen molar-refractivity contribution in [1.82, 2.24) is 0 Å². The molecule has 1 aromatic carbocycles. The Labute approximate surface area is 135 Å². The first-order valence-electron chi connectivity index (χ1n) is 8.08. The molecule has 1 aliphatic carbocycles. The Morgan fingerprint density at radius 2 is 1.90 bits per heavy atom. The fraction of sp³-hybridized carbons (Fsp3) is 0.667. The van der Waals surface area contributed by atoms with E-state index in [0.717, 1.165) is 23.2 Å². The molecule has 3 heteroatoms. The summed E-state index contributed by atoms with van der Waals surface area (Å²) in [5.74, 6) is -0.620. The highest BCUT2D eigenvalue weighted by Crippen LogP contribution is 2.44. The zero-order valence-corrected chi connectivity index (χ0v) is 14.4. The van der Waals surface area contributed by atoms with Crippen LogP contribution in [0.15, 0.2) is 18.2 Å². The summed E-state index contributed by atoms with van der Waals surface area (Å²) in [5.41, 5.74) is 1.13. The van der Waals surface area contributed by atoms with Crippen LogP contribution in [0.1, 0.15) is 57.4 Å². The zero-order chi connectivity index (χ0) is 15.3. The molecule has 0 saturated heterocycles. The van der Waals surface area contributed by atoms with Crippen LogP contribution < -0.4 is 0 Å². The lowest BCUT2D eigenvalue weighted by Gasteiger charge is -2.39. The van der Waals surface area contributed by atoms with Crippen LogP contribution in [0.3, 0.4) is 0 Å². The molecular weight excluding hydrogens is 334 g/mol. The van der Waals surface area contributed by atoms with Crippen molar-refractivity contribution in [1.29, 1.82) is 0 Å². The Bertz CT molecular complexity index is 451. The highest BCUT2D eigenvalue weighted by molar-refractivity contribution is 9.09. The van der Waals surface area contributed by atoms with Crippen molar-refractivity contribution >= 4 is 15.9 Å². The number of hydrogen-bond donors (Lipinski definition) is 0. The van der Waals surface area contributed by atoms with Gasteiger partial charge in [-0.05, 0) is 61.1 Å². The van der Waals surface area contributed by atoms with Crippen LogP contribution in [0.4, 0.5) is 8.78 Å². The van der Waals surface area contributed by atoms with Crippen LogP contribution in [0, 0.1) is 23.0 Å². The van der Waals surface area contributed by atoms with Gasteiger partial charge in [0.15, 0.2) is 11.6 Å². The smallest absolute Gasteiger partial charge is 0.159 e. The Kier molecular flexibility index (Phi) is 6.21. The molecule has 1 aliphatic rings. The van der Waals surface area contributed by atoms with Gasteiger partial charge < -0.3 is 0 Å². The first-order chi connectivity index (χ1) is 10.1. The fourth-order valence-electron chi connectivity index (χ4n) is 3.51. The first-order valence-corrected chi connectivity index (χ1v) is 9.20. The van der Waals surface area contributed by atoms with Crippen molar-refractivity contribution in [2.75, 3.05) is 5.33 Å². The molecule has 0 atom stereocenters. The Hall–Kier alpha value is -0.440. The third kappa shape index (κ3) is 4.51. The molecule has 21 heavy (non-hydrogen) atoms. The summed E-state index contributed by atoms with van der Waals surface area (Å²) in [6.07, 6.45) is 9.71. The number of unbranched alkanes of at least 4 members (excludes halogenated alkanes) is 1. The first kappa shape index (κ1) is 16.9. The Morgan fingerprint density at radius 1 is 1.19 bits per heavy atom. The topological polar surface area (TPSA) is 0 Å². The van der Waals surface area contributed by atoms with E-state index in [1.807, 2.05) is 0 Å². The van der Waals surface area contributed by atoms with E-state index in [1.165, 1.54) is 57.1 Å². The molecule has 0 unspecified atom stereocenters. The van der Waals surface area contributed by atoms with Gasteiger partial charge in [-0.25, -0.2) is 8.78 Å². The molecule has 118 valence electrons. The molecule has 0 spiro atoms. The Balaban J connectivity index is 1.98. The molecule has 0 aromatic heterocycles. The van der Waals surface area contributed by atoms with E-state index in [9.17, 15) is 8.78 Å². The molecule has 1 saturated carbocycles. The molecule has 0 amide bonds. The highest BCUT2D eigenvalue weighted by atomic mass is 79.9. The second-order valence-corrected chi connectivity index (χ2v) is 7.21. The van der Waals surface area contributed by atoms with Gasteiger partial charge in [-0.1, -0.05) is 48.2 Å². The van der Waals surface area contributed by atoms with Crippen LogP contribution in [0.25, 0.3) is 0 Å². The molecule has 2 rings (SSSR count). The van der Waals surface area contributed by atoms with Gasteiger partial charge in [-0.3, -0.25) is 0 Å². The second-order valence-electron chi connectivity index (χ2n) is 6.64. The summed E-state index contributed by atoms with van der Waals surface area (Å²) < 4.78 is 26.4. The average molecular weight is 359 g/mol. The van der Waals surface area contributed by atoms with Crippen LogP contribution in [-0.4, -0.2) is 5.33 Å². The summed E-state index contributed by atoms with van der Waals surface area (Å²) in [4.78, 5) is 0. The van der Waals surface area contributed by atoms with Crippen molar-refractivity contribution in [2.24, 2.45) is 11.3 Å². The third-order valence-electron chi connectivity index (χ3n) is 4.98. The SMILES string of the molecule is CCCCC1CCC(CBr)(Cc2ccc(F)c(F)c2)CC1. The predicted molar refractivity (Wildman–Crippen MR) is 87.8 cm³/mol. The van der Waals surface area contributed by atoms with Gasteiger partial charge >= 0.3 is 0 Å². The fourth-order valence-corrected chi connectivity index (χ4v) is 4.27. The van der Waals surface area contributed by atoms with Gasteiger partial charge in [0.1, 0.15) is 0 Å². The minimum Gasteiger partial charge on any atom is -0.204 e. The molecular formula is C18H25BrF2. The molecule has 0 heterocycles. The maximum absolute atomic E-state index is 13.4. The largest absolute Gasteiger partial charge is 0.204 e. The lowest BCUT2D eigenvalue weighted by molar-refractivity contribution is 0.168. The van der Waals surface area contributed by atoms with E-state index in [1.54, 1.807) is 6.07 Å². The van der Waals surface area contributed by atoms with E-state index < -0.39 is 11.6 Å². The van der Waals surface area contributed by atoms with Crippen LogP contribution in [0.5, 0.6) is 0 Å². The predicted octanol–water partition coefficient (Wildman–Crippen LogP) is 6.27. The Morgan fingerprint density at radius 3 is 2.48 bits per heavy atom. The molecule has 1 fully saturated rings. The van der Waals surface area contributed by atoms with E-state index >= 15 is 0 Å².